The molecule has 1 aliphatic rings. The van der Waals surface area contributed by atoms with Gasteiger partial charge >= 0.3 is 0 Å². The number of nitrogens with zero attached hydrogens (tertiary/aromatic N) is 2. The molecule has 2 amide bonds. The fourth-order valence-corrected chi connectivity index (χ4v) is 3.58. The molecular formula is C27H41N3O3. The molecule has 1 aromatic rings. The van der Waals surface area contributed by atoms with E-state index in [0.29, 0.717) is 30.9 Å². The van der Waals surface area contributed by atoms with E-state index in [0.717, 1.165) is 49.8 Å². The van der Waals surface area contributed by atoms with Crippen molar-refractivity contribution in [2.75, 3.05) is 13.7 Å². The third-order valence-electron chi connectivity index (χ3n) is 6.01. The summed E-state index contributed by atoms with van der Waals surface area (Å²) in [5.74, 6) is 0.509. The SMILES string of the molecule is CCC(C)/C=C/CCCC(OC)C(N)=O.Cc1ccc(CN2CCCCCC2=O)cc1C#N. The summed E-state index contributed by atoms with van der Waals surface area (Å²) < 4.78 is 4.96. The first-order chi connectivity index (χ1) is 15.8. The van der Waals surface area contributed by atoms with Gasteiger partial charge in [0, 0.05) is 26.6 Å². The average molecular weight is 456 g/mol. The number of aryl methyl sites for hydroxylation is 1. The van der Waals surface area contributed by atoms with Gasteiger partial charge in [-0.15, -0.1) is 0 Å². The van der Waals surface area contributed by atoms with E-state index in [1.54, 1.807) is 0 Å². The van der Waals surface area contributed by atoms with Gasteiger partial charge in [-0.25, -0.2) is 0 Å². The molecule has 0 bridgehead atoms. The van der Waals surface area contributed by atoms with Crippen molar-refractivity contribution in [2.24, 2.45) is 11.7 Å². The summed E-state index contributed by atoms with van der Waals surface area (Å²) in [6, 6.07) is 8.05. The van der Waals surface area contributed by atoms with E-state index in [4.69, 9.17) is 15.7 Å². The van der Waals surface area contributed by atoms with Crippen LogP contribution in [0.15, 0.2) is 30.4 Å². The van der Waals surface area contributed by atoms with Gasteiger partial charge in [0.05, 0.1) is 11.6 Å². The molecule has 1 aromatic carbocycles. The van der Waals surface area contributed by atoms with Crippen LogP contribution in [-0.4, -0.2) is 36.5 Å². The molecule has 2 N–H and O–H groups in total. The molecule has 1 saturated heterocycles. The van der Waals surface area contributed by atoms with E-state index < -0.39 is 6.10 Å². The van der Waals surface area contributed by atoms with Crippen molar-refractivity contribution in [3.05, 3.63) is 47.0 Å². The molecule has 2 rings (SSSR count). The lowest BCUT2D eigenvalue weighted by Crippen LogP contribution is -2.29. The number of nitrogens with two attached hydrogens (primary N) is 1. The standard InChI is InChI=1S/C15H18N2O.C12H23NO2/c1-12-6-7-13(9-14(12)10-16)11-17-8-4-2-3-5-15(17)18;1-4-10(2)8-6-5-7-9-11(15-3)12(13)14/h6-7,9H,2-5,8,11H2,1H3;6,8,10-11H,4-5,7,9H2,1-3H3,(H2,13,14)/b;8-6+. The number of benzene rings is 1. The largest absolute Gasteiger partial charge is 0.372 e. The van der Waals surface area contributed by atoms with Gasteiger partial charge in [0.15, 0.2) is 0 Å². The van der Waals surface area contributed by atoms with E-state index in [1.165, 1.54) is 13.5 Å². The molecule has 2 unspecified atom stereocenters. The molecule has 0 aliphatic carbocycles. The first-order valence-electron chi connectivity index (χ1n) is 12.1. The zero-order valence-corrected chi connectivity index (χ0v) is 20.8. The molecule has 6 heteroatoms. The number of carbonyl (C=O) groups is 2. The number of methoxy groups -OCH3 is 1. The summed E-state index contributed by atoms with van der Waals surface area (Å²) in [6.07, 6.45) is 11.6. The van der Waals surface area contributed by atoms with Gasteiger partial charge in [0.25, 0.3) is 0 Å². The molecule has 1 aliphatic heterocycles. The quantitative estimate of drug-likeness (QED) is 0.395. The van der Waals surface area contributed by atoms with Crippen molar-refractivity contribution in [3.8, 4) is 6.07 Å². The number of hydrogen-bond acceptors (Lipinski definition) is 4. The summed E-state index contributed by atoms with van der Waals surface area (Å²) in [7, 11) is 1.52. The van der Waals surface area contributed by atoms with Crippen molar-refractivity contribution < 1.29 is 14.3 Å². The Balaban J connectivity index is 0.000000337. The lowest BCUT2D eigenvalue weighted by molar-refractivity contribution is -0.131. The molecule has 0 aromatic heterocycles. The smallest absolute Gasteiger partial charge is 0.246 e. The molecule has 1 heterocycles. The van der Waals surface area contributed by atoms with Crippen LogP contribution in [0.25, 0.3) is 0 Å². The van der Waals surface area contributed by atoms with Gasteiger partial charge in [-0.1, -0.05) is 51.0 Å². The Morgan fingerprint density at radius 3 is 2.73 bits per heavy atom. The fraction of sp³-hybridized carbons (Fsp3) is 0.593. The minimum atomic E-state index is -0.429. The predicted octanol–water partition coefficient (Wildman–Crippen LogP) is 5.03. The van der Waals surface area contributed by atoms with E-state index in [9.17, 15) is 9.59 Å². The molecule has 2 atom stereocenters. The molecule has 1 fully saturated rings. The molecule has 0 spiro atoms. The first kappa shape index (κ1) is 28.4. The van der Waals surface area contributed by atoms with Crippen LogP contribution in [0.5, 0.6) is 0 Å². The van der Waals surface area contributed by atoms with Crippen LogP contribution in [0.4, 0.5) is 0 Å². The summed E-state index contributed by atoms with van der Waals surface area (Å²) >= 11 is 0. The zero-order valence-electron chi connectivity index (χ0n) is 20.8. The lowest BCUT2D eigenvalue weighted by atomic mass is 10.1. The number of hydrogen-bond donors (Lipinski definition) is 1. The number of amides is 2. The van der Waals surface area contributed by atoms with Crippen molar-refractivity contribution in [1.82, 2.24) is 4.90 Å². The van der Waals surface area contributed by atoms with Crippen LogP contribution in [-0.2, 0) is 20.9 Å². The molecule has 0 radical (unpaired) electrons. The normalized spacial score (nSPS) is 15.8. The minimum absolute atomic E-state index is 0.242. The van der Waals surface area contributed by atoms with Gasteiger partial charge in [0.2, 0.25) is 11.8 Å². The highest BCUT2D eigenvalue weighted by Crippen LogP contribution is 2.16. The molecule has 0 saturated carbocycles. The van der Waals surface area contributed by atoms with Crippen LogP contribution in [0.3, 0.4) is 0 Å². The number of rotatable bonds is 10. The van der Waals surface area contributed by atoms with Gasteiger partial charge in [0.1, 0.15) is 6.10 Å². The molecule has 33 heavy (non-hydrogen) atoms. The van der Waals surface area contributed by atoms with Gasteiger partial charge in [-0.05, 0) is 62.1 Å². The number of nitriles is 1. The average Bonchev–Trinajstić information content (AvgIpc) is 3.01. The van der Waals surface area contributed by atoms with Crippen LogP contribution < -0.4 is 5.73 Å². The maximum Gasteiger partial charge on any atom is 0.246 e. The Morgan fingerprint density at radius 2 is 2.09 bits per heavy atom. The Hall–Kier alpha value is -2.65. The number of primary amides is 1. The van der Waals surface area contributed by atoms with Crippen molar-refractivity contribution in [2.45, 2.75) is 84.8 Å². The second-order valence-electron chi connectivity index (χ2n) is 8.76. The Kier molecular flexibility index (Phi) is 13.8. The van der Waals surface area contributed by atoms with Crippen LogP contribution in [0.1, 0.15) is 81.9 Å². The Bertz CT molecular complexity index is 813. The highest BCUT2D eigenvalue weighted by molar-refractivity contribution is 5.78. The molecular weight excluding hydrogens is 414 g/mol. The van der Waals surface area contributed by atoms with Crippen LogP contribution in [0, 0.1) is 24.2 Å². The van der Waals surface area contributed by atoms with E-state index in [1.807, 2.05) is 30.0 Å². The van der Waals surface area contributed by atoms with Crippen molar-refractivity contribution in [3.63, 3.8) is 0 Å². The van der Waals surface area contributed by atoms with Gasteiger partial charge < -0.3 is 15.4 Å². The minimum Gasteiger partial charge on any atom is -0.372 e. The molecule has 182 valence electrons. The van der Waals surface area contributed by atoms with E-state index >= 15 is 0 Å². The topological polar surface area (TPSA) is 96.4 Å². The van der Waals surface area contributed by atoms with Crippen molar-refractivity contribution in [1.29, 1.82) is 5.26 Å². The monoisotopic (exact) mass is 455 g/mol. The number of unbranched alkanes of at least 4 members (excludes halogenated alkanes) is 1. The second kappa shape index (κ2) is 16.0. The zero-order chi connectivity index (χ0) is 24.6. The number of carbonyl (C=O) groups excluding carboxylic acids is 2. The fourth-order valence-electron chi connectivity index (χ4n) is 3.58. The Labute approximate surface area is 199 Å². The van der Waals surface area contributed by atoms with Gasteiger partial charge in [-0.2, -0.15) is 5.26 Å². The maximum absolute atomic E-state index is 11.9. The second-order valence-corrected chi connectivity index (χ2v) is 8.76. The first-order valence-corrected chi connectivity index (χ1v) is 12.1. The summed E-state index contributed by atoms with van der Waals surface area (Å²) in [4.78, 5) is 24.6. The van der Waals surface area contributed by atoms with Crippen molar-refractivity contribution >= 4 is 11.8 Å². The summed E-state index contributed by atoms with van der Waals surface area (Å²) in [5, 5.41) is 9.02. The van der Waals surface area contributed by atoms with Gasteiger partial charge in [-0.3, -0.25) is 9.59 Å². The Morgan fingerprint density at radius 1 is 1.33 bits per heavy atom. The van der Waals surface area contributed by atoms with Crippen LogP contribution >= 0.6 is 0 Å². The third kappa shape index (κ3) is 11.2. The van der Waals surface area contributed by atoms with Crippen LogP contribution in [0.2, 0.25) is 0 Å². The highest BCUT2D eigenvalue weighted by Gasteiger charge is 2.17. The number of allylic oxidation sites excluding steroid dienone is 2. The third-order valence-corrected chi connectivity index (χ3v) is 6.01. The highest BCUT2D eigenvalue weighted by atomic mass is 16.5. The number of ether oxygens (including phenoxy) is 1. The predicted molar refractivity (Wildman–Crippen MR) is 132 cm³/mol. The molecule has 6 nitrogen and oxygen atoms in total. The number of likely N-dealkylation sites (tertiary alicyclic amines) is 1. The van der Waals surface area contributed by atoms with E-state index in [2.05, 4.69) is 32.1 Å². The lowest BCUT2D eigenvalue weighted by Gasteiger charge is -2.20. The summed E-state index contributed by atoms with van der Waals surface area (Å²) in [5.41, 5.74) is 7.89. The summed E-state index contributed by atoms with van der Waals surface area (Å²) in [6.45, 7) is 7.77. The maximum atomic E-state index is 11.9. The van der Waals surface area contributed by atoms with E-state index in [-0.39, 0.29) is 11.8 Å².